The number of aryl methyl sites for hydroxylation is 1. The Kier molecular flexibility index (Phi) is 2.62. The van der Waals surface area contributed by atoms with Crippen molar-refractivity contribution in [2.45, 2.75) is 13.0 Å². The van der Waals surface area contributed by atoms with Gasteiger partial charge < -0.3 is 5.73 Å². The quantitative estimate of drug-likeness (QED) is 0.751. The molecule has 68 valence electrons. The summed E-state index contributed by atoms with van der Waals surface area (Å²) in [6.45, 7) is 0.160. The van der Waals surface area contributed by atoms with Crippen LogP contribution in [-0.2, 0) is 0 Å². The van der Waals surface area contributed by atoms with E-state index in [2.05, 4.69) is 5.10 Å². The third-order valence-corrected chi connectivity index (χ3v) is 1.68. The fourth-order valence-corrected chi connectivity index (χ4v) is 0.865. The van der Waals surface area contributed by atoms with Crippen molar-refractivity contribution in [3.63, 3.8) is 0 Å². The zero-order chi connectivity index (χ0) is 9.14. The highest BCUT2D eigenvalue weighted by Crippen LogP contribution is 2.13. The molecule has 0 saturated carbocycles. The van der Waals surface area contributed by atoms with E-state index in [0.29, 0.717) is 11.4 Å². The number of nitrogens with zero attached hydrogens (tertiary/aromatic N) is 2. The summed E-state index contributed by atoms with van der Waals surface area (Å²) in [6.07, 6.45) is 1.44. The molecule has 2 N–H and O–H groups in total. The molecule has 5 heteroatoms. The molecule has 1 aromatic heterocycles. The molecule has 0 saturated heterocycles. The van der Waals surface area contributed by atoms with Gasteiger partial charge in [-0.15, -0.1) is 0 Å². The molecule has 0 aliphatic heterocycles. The lowest BCUT2D eigenvalue weighted by Gasteiger charge is -2.07. The Morgan fingerprint density at radius 3 is 2.50 bits per heavy atom. The third kappa shape index (κ3) is 1.54. The van der Waals surface area contributed by atoms with E-state index in [1.54, 1.807) is 6.92 Å². The highest BCUT2D eigenvalue weighted by atomic mass is 19.1. The predicted octanol–water partition coefficient (Wildman–Crippen LogP) is 1.25. The Balaban J connectivity index is 2.86. The summed E-state index contributed by atoms with van der Waals surface area (Å²) in [5.41, 5.74) is 6.52. The highest BCUT2D eigenvalue weighted by Gasteiger charge is 2.12. The summed E-state index contributed by atoms with van der Waals surface area (Å²) in [7, 11) is 0. The van der Waals surface area contributed by atoms with Crippen molar-refractivity contribution < 1.29 is 8.78 Å². The van der Waals surface area contributed by atoms with E-state index in [-0.39, 0.29) is 0 Å². The summed E-state index contributed by atoms with van der Waals surface area (Å²) < 4.78 is 25.5. The Morgan fingerprint density at radius 2 is 2.17 bits per heavy atom. The normalized spacial score (nSPS) is 11.0. The molecule has 0 atom stereocenters. The van der Waals surface area contributed by atoms with Crippen LogP contribution in [0.1, 0.15) is 11.7 Å². The largest absolute Gasteiger partial charge is 0.396 e. The van der Waals surface area contributed by atoms with Gasteiger partial charge in [-0.3, -0.25) is 4.68 Å². The van der Waals surface area contributed by atoms with Gasteiger partial charge in [0.15, 0.2) is 0 Å². The molecule has 0 bridgehead atoms. The molecule has 0 aromatic carbocycles. The SMILES string of the molecule is Cc1nn(C(CF)CF)cc1N. The molecule has 0 fully saturated rings. The van der Waals surface area contributed by atoms with Crippen LogP contribution in [0.5, 0.6) is 0 Å². The molecule has 1 heterocycles. The number of anilines is 1. The van der Waals surface area contributed by atoms with Gasteiger partial charge in [0.05, 0.1) is 11.4 Å². The first kappa shape index (κ1) is 8.96. The number of rotatable bonds is 3. The zero-order valence-corrected chi connectivity index (χ0v) is 6.80. The van der Waals surface area contributed by atoms with Gasteiger partial charge in [0.25, 0.3) is 0 Å². The van der Waals surface area contributed by atoms with Crippen LogP contribution in [0.15, 0.2) is 6.20 Å². The summed E-state index contributed by atoms with van der Waals surface area (Å²) in [4.78, 5) is 0. The number of nitrogens with two attached hydrogens (primary N) is 1. The molecular weight excluding hydrogens is 164 g/mol. The van der Waals surface area contributed by atoms with E-state index in [0.717, 1.165) is 0 Å². The van der Waals surface area contributed by atoms with Gasteiger partial charge in [0.2, 0.25) is 0 Å². The van der Waals surface area contributed by atoms with Crippen LogP contribution in [-0.4, -0.2) is 23.1 Å². The van der Waals surface area contributed by atoms with E-state index >= 15 is 0 Å². The van der Waals surface area contributed by atoms with Crippen LogP contribution in [0.25, 0.3) is 0 Å². The van der Waals surface area contributed by atoms with E-state index in [1.165, 1.54) is 10.9 Å². The minimum atomic E-state index is -0.832. The van der Waals surface area contributed by atoms with Crippen molar-refractivity contribution >= 4 is 5.69 Å². The van der Waals surface area contributed by atoms with E-state index < -0.39 is 19.4 Å². The number of nitrogen functional groups attached to an aromatic ring is 1. The third-order valence-electron chi connectivity index (χ3n) is 1.68. The summed E-state index contributed by atoms with van der Waals surface area (Å²) in [5, 5.41) is 3.86. The molecule has 0 unspecified atom stereocenters. The van der Waals surface area contributed by atoms with Gasteiger partial charge in [0, 0.05) is 6.20 Å². The van der Waals surface area contributed by atoms with Crippen molar-refractivity contribution in [2.24, 2.45) is 0 Å². The van der Waals surface area contributed by atoms with Crippen LogP contribution in [0, 0.1) is 6.92 Å². The van der Waals surface area contributed by atoms with Crippen molar-refractivity contribution in [3.8, 4) is 0 Å². The molecule has 3 nitrogen and oxygen atoms in total. The fraction of sp³-hybridized carbons (Fsp3) is 0.571. The van der Waals surface area contributed by atoms with Crippen molar-refractivity contribution in [2.75, 3.05) is 19.1 Å². The maximum atomic E-state index is 12.1. The molecule has 0 spiro atoms. The fourth-order valence-electron chi connectivity index (χ4n) is 0.865. The van der Waals surface area contributed by atoms with Crippen LogP contribution in [0.3, 0.4) is 0 Å². The van der Waals surface area contributed by atoms with E-state index in [4.69, 9.17) is 5.73 Å². The average Bonchev–Trinajstić information content (AvgIpc) is 2.35. The molecule has 0 radical (unpaired) electrons. The monoisotopic (exact) mass is 175 g/mol. The number of hydrogen-bond donors (Lipinski definition) is 1. The molecule has 0 aliphatic carbocycles. The van der Waals surface area contributed by atoms with Gasteiger partial charge in [-0.05, 0) is 6.92 Å². The molecule has 12 heavy (non-hydrogen) atoms. The minimum Gasteiger partial charge on any atom is -0.396 e. The first-order valence-corrected chi connectivity index (χ1v) is 3.62. The smallest absolute Gasteiger partial charge is 0.114 e. The summed E-state index contributed by atoms with van der Waals surface area (Å²) in [6, 6.07) is -0.832. The van der Waals surface area contributed by atoms with E-state index in [9.17, 15) is 8.78 Å². The predicted molar refractivity (Wildman–Crippen MR) is 42.4 cm³/mol. The number of alkyl halides is 2. The van der Waals surface area contributed by atoms with Gasteiger partial charge >= 0.3 is 0 Å². The van der Waals surface area contributed by atoms with Gasteiger partial charge in [-0.2, -0.15) is 5.10 Å². The average molecular weight is 175 g/mol. The Morgan fingerprint density at radius 1 is 1.58 bits per heavy atom. The van der Waals surface area contributed by atoms with Gasteiger partial charge in [-0.1, -0.05) is 0 Å². The minimum absolute atomic E-state index is 0.460. The Bertz CT molecular complexity index is 236. The van der Waals surface area contributed by atoms with Crippen LogP contribution in [0.4, 0.5) is 14.5 Å². The lowest BCUT2D eigenvalue weighted by molar-refractivity contribution is 0.272. The zero-order valence-electron chi connectivity index (χ0n) is 6.80. The van der Waals surface area contributed by atoms with Crippen LogP contribution >= 0.6 is 0 Å². The lowest BCUT2D eigenvalue weighted by Crippen LogP contribution is -2.13. The summed E-state index contributed by atoms with van der Waals surface area (Å²) >= 11 is 0. The van der Waals surface area contributed by atoms with E-state index in [1.807, 2.05) is 0 Å². The van der Waals surface area contributed by atoms with Crippen LogP contribution in [0.2, 0.25) is 0 Å². The lowest BCUT2D eigenvalue weighted by atomic mass is 10.4. The van der Waals surface area contributed by atoms with Gasteiger partial charge in [-0.25, -0.2) is 8.78 Å². The van der Waals surface area contributed by atoms with Crippen LogP contribution < -0.4 is 5.73 Å². The molecule has 1 rings (SSSR count). The molecule has 0 aliphatic rings. The second kappa shape index (κ2) is 3.51. The second-order valence-corrected chi connectivity index (χ2v) is 2.61. The maximum absolute atomic E-state index is 12.1. The van der Waals surface area contributed by atoms with Crippen molar-refractivity contribution in [1.82, 2.24) is 9.78 Å². The number of hydrogen-bond acceptors (Lipinski definition) is 2. The summed E-state index contributed by atoms with van der Waals surface area (Å²) in [5.74, 6) is 0. The maximum Gasteiger partial charge on any atom is 0.114 e. The van der Waals surface area contributed by atoms with Crippen molar-refractivity contribution in [3.05, 3.63) is 11.9 Å². The second-order valence-electron chi connectivity index (χ2n) is 2.61. The first-order chi connectivity index (χ1) is 5.69. The first-order valence-electron chi connectivity index (χ1n) is 3.62. The molecular formula is C7H11F2N3. The van der Waals surface area contributed by atoms with Crippen molar-refractivity contribution in [1.29, 1.82) is 0 Å². The molecule has 1 aromatic rings. The Labute approximate surface area is 69.2 Å². The van der Waals surface area contributed by atoms with Gasteiger partial charge in [0.1, 0.15) is 19.4 Å². The topological polar surface area (TPSA) is 43.8 Å². The molecule has 0 amide bonds. The highest BCUT2D eigenvalue weighted by molar-refractivity contribution is 5.39. The number of aromatic nitrogens is 2. The number of halogens is 2. The standard InChI is InChI=1S/C7H11F2N3/c1-5-7(10)4-12(11-5)6(2-8)3-9/h4,6H,2-3,10H2,1H3. The Hall–Kier alpha value is -1.13.